The number of benzene rings is 1. The van der Waals surface area contributed by atoms with Gasteiger partial charge in [-0.1, -0.05) is 0 Å². The lowest BCUT2D eigenvalue weighted by Gasteiger charge is -2.13. The molecular weight excluding hydrogens is 392 g/mol. The molecule has 0 atom stereocenters. The van der Waals surface area contributed by atoms with Crippen LogP contribution in [0.2, 0.25) is 0 Å². The lowest BCUT2D eigenvalue weighted by molar-refractivity contribution is 0.282. The fraction of sp³-hybridized carbons (Fsp3) is 0.188. The molecule has 0 aliphatic heterocycles. The minimum Gasteiger partial charge on any atom is -0.493 e. The average Bonchev–Trinajstić information content (AvgIpc) is 2.61. The first-order valence-electron chi connectivity index (χ1n) is 7.04. The highest BCUT2D eigenvalue weighted by molar-refractivity contribution is 9.10. The Morgan fingerprint density at radius 1 is 1.38 bits per heavy atom. The third-order valence-corrected chi connectivity index (χ3v) is 3.88. The molecule has 0 spiro atoms. The van der Waals surface area contributed by atoms with Crippen molar-refractivity contribution in [2.75, 3.05) is 14.2 Å². The molecule has 0 radical (unpaired) electrons. The number of hydrogen-bond acceptors (Lipinski definition) is 5. The number of ether oxygens (including phenoxy) is 2. The van der Waals surface area contributed by atoms with Crippen LogP contribution in [-0.4, -0.2) is 30.5 Å². The van der Waals surface area contributed by atoms with Crippen LogP contribution in [-0.2, 0) is 6.61 Å². The summed E-state index contributed by atoms with van der Waals surface area (Å²) in [5, 5.41) is 7.26. The van der Waals surface area contributed by atoms with Crippen LogP contribution in [0.3, 0.4) is 0 Å². The van der Waals surface area contributed by atoms with E-state index in [2.05, 4.69) is 36.8 Å². The molecule has 0 saturated carbocycles. The van der Waals surface area contributed by atoms with Gasteiger partial charge >= 0.3 is 0 Å². The first-order chi connectivity index (χ1) is 11.6. The van der Waals surface area contributed by atoms with Gasteiger partial charge in [0.15, 0.2) is 16.6 Å². The number of halogens is 1. The van der Waals surface area contributed by atoms with Crippen LogP contribution in [0.5, 0.6) is 11.5 Å². The molecule has 8 heteroatoms. The molecule has 0 fully saturated rings. The number of pyridine rings is 1. The monoisotopic (exact) mass is 408 g/mol. The second-order valence-electron chi connectivity index (χ2n) is 4.63. The third-order valence-electron chi connectivity index (χ3n) is 2.99. The van der Waals surface area contributed by atoms with Gasteiger partial charge in [-0.2, -0.15) is 5.10 Å². The number of rotatable bonds is 6. The van der Waals surface area contributed by atoms with Gasteiger partial charge in [0.25, 0.3) is 0 Å². The summed E-state index contributed by atoms with van der Waals surface area (Å²) in [6, 6.07) is 7.52. The van der Waals surface area contributed by atoms with Crippen molar-refractivity contribution < 1.29 is 9.47 Å². The highest BCUT2D eigenvalue weighted by atomic mass is 79.9. The Hall–Kier alpha value is -2.19. The normalized spacial score (nSPS) is 10.5. The van der Waals surface area contributed by atoms with Crippen molar-refractivity contribution in [2.24, 2.45) is 5.10 Å². The maximum Gasteiger partial charge on any atom is 0.186 e. The maximum absolute atomic E-state index is 5.87. The Morgan fingerprint density at radius 3 is 2.79 bits per heavy atom. The van der Waals surface area contributed by atoms with E-state index in [-0.39, 0.29) is 0 Å². The lowest BCUT2D eigenvalue weighted by Crippen LogP contribution is -2.28. The fourth-order valence-corrected chi connectivity index (χ4v) is 2.44. The Labute approximate surface area is 154 Å². The second kappa shape index (κ2) is 9.19. The molecule has 0 amide bonds. The average molecular weight is 409 g/mol. The van der Waals surface area contributed by atoms with E-state index in [4.69, 9.17) is 21.7 Å². The molecule has 2 rings (SSSR count). The fourth-order valence-electron chi connectivity index (χ4n) is 1.81. The summed E-state index contributed by atoms with van der Waals surface area (Å²) >= 11 is 8.46. The van der Waals surface area contributed by atoms with Crippen LogP contribution in [0.25, 0.3) is 0 Å². The number of nitrogens with one attached hydrogen (secondary N) is 2. The minimum absolute atomic E-state index is 0.420. The zero-order valence-electron chi connectivity index (χ0n) is 13.2. The SMILES string of the molecule is CNC(=S)N/N=C/c1cc(Br)c(OCc2ccncc2)c(OC)c1. The van der Waals surface area contributed by atoms with Crippen molar-refractivity contribution in [1.29, 1.82) is 0 Å². The largest absolute Gasteiger partial charge is 0.493 e. The van der Waals surface area contributed by atoms with Crippen molar-refractivity contribution in [3.05, 3.63) is 52.3 Å². The van der Waals surface area contributed by atoms with Crippen molar-refractivity contribution in [1.82, 2.24) is 15.7 Å². The summed E-state index contributed by atoms with van der Waals surface area (Å²) in [5.74, 6) is 1.24. The van der Waals surface area contributed by atoms with Crippen LogP contribution in [0.1, 0.15) is 11.1 Å². The molecule has 2 aromatic rings. The molecule has 1 heterocycles. The van der Waals surface area contributed by atoms with E-state index in [1.54, 1.807) is 32.8 Å². The number of hydrogen-bond donors (Lipinski definition) is 2. The van der Waals surface area contributed by atoms with E-state index < -0.39 is 0 Å². The molecule has 1 aromatic heterocycles. The van der Waals surface area contributed by atoms with Gasteiger partial charge in [0, 0.05) is 19.4 Å². The van der Waals surface area contributed by atoms with E-state index in [1.165, 1.54) is 0 Å². The maximum atomic E-state index is 5.87. The molecule has 0 unspecified atom stereocenters. The highest BCUT2D eigenvalue weighted by Crippen LogP contribution is 2.36. The minimum atomic E-state index is 0.420. The number of thiocarbonyl (C=S) groups is 1. The van der Waals surface area contributed by atoms with Crippen molar-refractivity contribution in [3.8, 4) is 11.5 Å². The van der Waals surface area contributed by atoms with Gasteiger partial charge in [-0.15, -0.1) is 0 Å². The van der Waals surface area contributed by atoms with E-state index in [9.17, 15) is 0 Å². The number of nitrogens with zero attached hydrogens (tertiary/aromatic N) is 2. The predicted octanol–water partition coefficient (Wildman–Crippen LogP) is 2.86. The Kier molecular flexibility index (Phi) is 6.95. The van der Waals surface area contributed by atoms with E-state index in [1.807, 2.05) is 24.3 Å². The molecule has 126 valence electrons. The van der Waals surface area contributed by atoms with Gasteiger partial charge in [-0.25, -0.2) is 0 Å². The third kappa shape index (κ3) is 5.17. The van der Waals surface area contributed by atoms with E-state index in [0.29, 0.717) is 23.2 Å². The van der Waals surface area contributed by atoms with Crippen LogP contribution in [0.4, 0.5) is 0 Å². The summed E-state index contributed by atoms with van der Waals surface area (Å²) in [7, 11) is 3.32. The zero-order valence-corrected chi connectivity index (χ0v) is 15.6. The Morgan fingerprint density at radius 2 is 2.12 bits per heavy atom. The first-order valence-corrected chi connectivity index (χ1v) is 8.24. The van der Waals surface area contributed by atoms with Gasteiger partial charge < -0.3 is 14.8 Å². The van der Waals surface area contributed by atoms with Crippen LogP contribution < -0.4 is 20.2 Å². The summed E-state index contributed by atoms with van der Waals surface area (Å²) in [5.41, 5.74) is 4.55. The summed E-state index contributed by atoms with van der Waals surface area (Å²) in [6.07, 6.45) is 5.10. The van der Waals surface area contributed by atoms with Crippen LogP contribution >= 0.6 is 28.1 Å². The molecular formula is C16H17BrN4O2S. The summed E-state index contributed by atoms with van der Waals surface area (Å²) < 4.78 is 12.1. The van der Waals surface area contributed by atoms with Crippen molar-refractivity contribution >= 4 is 39.5 Å². The van der Waals surface area contributed by atoms with E-state index >= 15 is 0 Å². The van der Waals surface area contributed by atoms with Gasteiger partial charge in [0.1, 0.15) is 6.61 Å². The molecule has 1 aromatic carbocycles. The van der Waals surface area contributed by atoms with Gasteiger partial charge in [-0.3, -0.25) is 10.4 Å². The van der Waals surface area contributed by atoms with Crippen LogP contribution in [0, 0.1) is 0 Å². The molecule has 6 nitrogen and oxygen atoms in total. The molecule has 2 N–H and O–H groups in total. The van der Waals surface area contributed by atoms with Crippen molar-refractivity contribution in [3.63, 3.8) is 0 Å². The quantitative estimate of drug-likeness (QED) is 0.435. The number of methoxy groups -OCH3 is 1. The Balaban J connectivity index is 2.13. The van der Waals surface area contributed by atoms with Gasteiger partial charge in [0.05, 0.1) is 17.8 Å². The lowest BCUT2D eigenvalue weighted by atomic mass is 10.2. The second-order valence-corrected chi connectivity index (χ2v) is 5.89. The van der Waals surface area contributed by atoms with Gasteiger partial charge in [0.2, 0.25) is 0 Å². The summed E-state index contributed by atoms with van der Waals surface area (Å²) in [4.78, 5) is 3.99. The van der Waals surface area contributed by atoms with Crippen molar-refractivity contribution in [2.45, 2.75) is 6.61 Å². The Bertz CT molecular complexity index is 726. The molecule has 0 aliphatic carbocycles. The van der Waals surface area contributed by atoms with Crippen LogP contribution in [0.15, 0.2) is 46.2 Å². The topological polar surface area (TPSA) is 67.8 Å². The molecule has 0 saturated heterocycles. The molecule has 0 bridgehead atoms. The molecule has 0 aliphatic rings. The first kappa shape index (κ1) is 18.2. The predicted molar refractivity (Wildman–Crippen MR) is 102 cm³/mol. The molecule has 24 heavy (non-hydrogen) atoms. The number of aromatic nitrogens is 1. The smallest absolute Gasteiger partial charge is 0.186 e. The summed E-state index contributed by atoms with van der Waals surface area (Å²) in [6.45, 7) is 0.420. The highest BCUT2D eigenvalue weighted by Gasteiger charge is 2.11. The number of hydrazone groups is 1. The van der Waals surface area contributed by atoms with E-state index in [0.717, 1.165) is 15.6 Å². The zero-order chi connectivity index (χ0) is 17.4. The van der Waals surface area contributed by atoms with Gasteiger partial charge in [-0.05, 0) is 63.5 Å². The standard InChI is InChI=1S/C16H17BrN4O2S/c1-18-16(24)21-20-9-12-7-13(17)15(14(8-12)22-2)23-10-11-3-5-19-6-4-11/h3-9H,10H2,1-2H3,(H2,18,21,24)/b20-9+.